The Morgan fingerprint density at radius 1 is 1.12 bits per heavy atom. The summed E-state index contributed by atoms with van der Waals surface area (Å²) in [6.45, 7) is 3.96. The van der Waals surface area contributed by atoms with E-state index in [2.05, 4.69) is 46.7 Å². The first-order valence-electron chi connectivity index (χ1n) is 5.95. The minimum Gasteiger partial charge on any atom is -0.316 e. The molecule has 88 valence electrons. The van der Waals surface area contributed by atoms with Crippen molar-refractivity contribution in [3.63, 3.8) is 0 Å². The maximum Gasteiger partial charge on any atom is 0.0718 e. The largest absolute Gasteiger partial charge is 0.316 e. The van der Waals surface area contributed by atoms with Gasteiger partial charge in [-0.15, -0.1) is 0 Å². The summed E-state index contributed by atoms with van der Waals surface area (Å²) in [5.41, 5.74) is 2.29. The molecule has 0 saturated carbocycles. The lowest BCUT2D eigenvalue weighted by molar-refractivity contribution is 0.639. The first kappa shape index (κ1) is 11.7. The molecule has 1 aromatic carbocycles. The maximum atomic E-state index is 4.22. The molecule has 0 bridgehead atoms. The second-order valence-electron chi connectivity index (χ2n) is 3.92. The molecule has 0 fully saturated rings. The average Bonchev–Trinajstić information content (AvgIpc) is 2.42. The SMILES string of the molecule is CCNCC(c1ccccc1)c1cccnn1. The molecule has 1 aromatic heterocycles. The summed E-state index contributed by atoms with van der Waals surface area (Å²) in [7, 11) is 0. The molecule has 0 aliphatic heterocycles. The van der Waals surface area contributed by atoms with Gasteiger partial charge in [0.15, 0.2) is 0 Å². The average molecular weight is 227 g/mol. The highest BCUT2D eigenvalue weighted by Crippen LogP contribution is 2.21. The highest BCUT2D eigenvalue weighted by molar-refractivity contribution is 5.28. The Hall–Kier alpha value is -1.74. The topological polar surface area (TPSA) is 37.8 Å². The van der Waals surface area contributed by atoms with Crippen LogP contribution in [0.1, 0.15) is 24.1 Å². The lowest BCUT2D eigenvalue weighted by atomic mass is 9.95. The van der Waals surface area contributed by atoms with Crippen LogP contribution in [-0.2, 0) is 0 Å². The molecule has 2 aromatic rings. The van der Waals surface area contributed by atoms with E-state index in [1.54, 1.807) is 6.20 Å². The third kappa shape index (κ3) is 3.11. The molecule has 0 aliphatic carbocycles. The summed E-state index contributed by atoms with van der Waals surface area (Å²) in [5, 5.41) is 11.6. The molecular formula is C14H17N3. The smallest absolute Gasteiger partial charge is 0.0718 e. The minimum absolute atomic E-state index is 0.268. The number of likely N-dealkylation sites (N-methyl/N-ethyl adjacent to an activating group) is 1. The summed E-state index contributed by atoms with van der Waals surface area (Å²) in [6, 6.07) is 14.4. The number of hydrogen-bond acceptors (Lipinski definition) is 3. The van der Waals surface area contributed by atoms with Crippen LogP contribution >= 0.6 is 0 Å². The highest BCUT2D eigenvalue weighted by Gasteiger charge is 2.14. The van der Waals surface area contributed by atoms with E-state index in [4.69, 9.17) is 0 Å². The van der Waals surface area contributed by atoms with E-state index in [1.165, 1.54) is 5.56 Å². The molecule has 2 rings (SSSR count). The standard InChI is InChI=1S/C14H17N3/c1-2-15-11-13(12-7-4-3-5-8-12)14-9-6-10-16-17-14/h3-10,13,15H,2,11H2,1H3. The first-order valence-corrected chi connectivity index (χ1v) is 5.95. The molecule has 1 heterocycles. The molecule has 1 atom stereocenters. The summed E-state index contributed by atoms with van der Waals surface area (Å²) in [4.78, 5) is 0. The van der Waals surface area contributed by atoms with Gasteiger partial charge in [0.25, 0.3) is 0 Å². The van der Waals surface area contributed by atoms with Crippen molar-refractivity contribution in [3.05, 3.63) is 59.9 Å². The first-order chi connectivity index (χ1) is 8.42. The third-order valence-electron chi connectivity index (χ3n) is 2.75. The van der Waals surface area contributed by atoms with Crippen molar-refractivity contribution in [1.29, 1.82) is 0 Å². The number of nitrogens with one attached hydrogen (secondary N) is 1. The number of hydrogen-bond donors (Lipinski definition) is 1. The van der Waals surface area contributed by atoms with E-state index in [9.17, 15) is 0 Å². The van der Waals surface area contributed by atoms with Crippen LogP contribution in [0, 0.1) is 0 Å². The molecule has 0 radical (unpaired) electrons. The van der Waals surface area contributed by atoms with Crippen LogP contribution in [-0.4, -0.2) is 23.3 Å². The molecule has 0 saturated heterocycles. The second kappa shape index (κ2) is 6.11. The van der Waals surface area contributed by atoms with Crippen molar-refractivity contribution < 1.29 is 0 Å². The molecular weight excluding hydrogens is 210 g/mol. The van der Waals surface area contributed by atoms with Crippen molar-refractivity contribution in [2.45, 2.75) is 12.8 Å². The van der Waals surface area contributed by atoms with Crippen molar-refractivity contribution in [3.8, 4) is 0 Å². The van der Waals surface area contributed by atoms with Gasteiger partial charge >= 0.3 is 0 Å². The van der Waals surface area contributed by atoms with Gasteiger partial charge in [-0.05, 0) is 24.2 Å². The van der Waals surface area contributed by atoms with E-state index in [-0.39, 0.29) is 5.92 Å². The van der Waals surface area contributed by atoms with Crippen molar-refractivity contribution in [1.82, 2.24) is 15.5 Å². The third-order valence-corrected chi connectivity index (χ3v) is 2.75. The van der Waals surface area contributed by atoms with Crippen molar-refractivity contribution in [2.75, 3.05) is 13.1 Å². The molecule has 1 unspecified atom stereocenters. The van der Waals surface area contributed by atoms with Crippen LogP contribution in [0.2, 0.25) is 0 Å². The molecule has 0 spiro atoms. The molecule has 0 aliphatic rings. The van der Waals surface area contributed by atoms with Crippen LogP contribution in [0.5, 0.6) is 0 Å². The molecule has 3 heteroatoms. The summed E-state index contributed by atoms with van der Waals surface area (Å²) >= 11 is 0. The van der Waals surface area contributed by atoms with Gasteiger partial charge in [0.1, 0.15) is 0 Å². The van der Waals surface area contributed by atoms with Crippen molar-refractivity contribution in [2.24, 2.45) is 0 Å². The monoisotopic (exact) mass is 227 g/mol. The van der Waals surface area contributed by atoms with Crippen LogP contribution in [0.3, 0.4) is 0 Å². The second-order valence-corrected chi connectivity index (χ2v) is 3.92. The lowest BCUT2D eigenvalue weighted by Gasteiger charge is -2.16. The Labute approximate surface area is 102 Å². The molecule has 3 nitrogen and oxygen atoms in total. The van der Waals surface area contributed by atoms with E-state index < -0.39 is 0 Å². The van der Waals surface area contributed by atoms with Crippen LogP contribution in [0.15, 0.2) is 48.7 Å². The molecule has 1 N–H and O–H groups in total. The van der Waals surface area contributed by atoms with Crippen LogP contribution in [0.4, 0.5) is 0 Å². The number of aromatic nitrogens is 2. The van der Waals surface area contributed by atoms with E-state index >= 15 is 0 Å². The zero-order valence-corrected chi connectivity index (χ0v) is 10.0. The van der Waals surface area contributed by atoms with Gasteiger partial charge in [0.05, 0.1) is 5.69 Å². The normalized spacial score (nSPS) is 12.3. The van der Waals surface area contributed by atoms with Gasteiger partial charge in [-0.2, -0.15) is 10.2 Å². The highest BCUT2D eigenvalue weighted by atomic mass is 15.1. The Morgan fingerprint density at radius 2 is 1.94 bits per heavy atom. The number of rotatable bonds is 5. The molecule has 17 heavy (non-hydrogen) atoms. The minimum atomic E-state index is 0.268. The zero-order chi connectivity index (χ0) is 11.9. The predicted molar refractivity (Wildman–Crippen MR) is 68.9 cm³/mol. The Bertz CT molecular complexity index is 388. The summed E-state index contributed by atoms with van der Waals surface area (Å²) in [5.74, 6) is 0.268. The lowest BCUT2D eigenvalue weighted by Crippen LogP contribution is -2.22. The van der Waals surface area contributed by atoms with Crippen LogP contribution in [0.25, 0.3) is 0 Å². The summed E-state index contributed by atoms with van der Waals surface area (Å²) < 4.78 is 0. The van der Waals surface area contributed by atoms with E-state index in [0.29, 0.717) is 0 Å². The Balaban J connectivity index is 2.26. The fourth-order valence-corrected chi connectivity index (χ4v) is 1.87. The zero-order valence-electron chi connectivity index (χ0n) is 10.0. The maximum absolute atomic E-state index is 4.22. The predicted octanol–water partition coefficient (Wildman–Crippen LogP) is 2.22. The van der Waals surface area contributed by atoms with Gasteiger partial charge in [-0.25, -0.2) is 0 Å². The Morgan fingerprint density at radius 3 is 2.59 bits per heavy atom. The van der Waals surface area contributed by atoms with Gasteiger partial charge in [0.2, 0.25) is 0 Å². The van der Waals surface area contributed by atoms with E-state index in [1.807, 2.05) is 18.2 Å². The Kier molecular flexibility index (Phi) is 4.22. The van der Waals surface area contributed by atoms with Gasteiger partial charge in [-0.1, -0.05) is 37.3 Å². The van der Waals surface area contributed by atoms with Gasteiger partial charge < -0.3 is 5.32 Å². The van der Waals surface area contributed by atoms with Gasteiger partial charge in [0, 0.05) is 18.7 Å². The van der Waals surface area contributed by atoms with Crippen molar-refractivity contribution >= 4 is 0 Å². The molecule has 0 amide bonds. The quantitative estimate of drug-likeness (QED) is 0.851. The van der Waals surface area contributed by atoms with Crippen LogP contribution < -0.4 is 5.32 Å². The fourth-order valence-electron chi connectivity index (χ4n) is 1.87. The number of nitrogens with zero attached hydrogens (tertiary/aromatic N) is 2. The summed E-state index contributed by atoms with van der Waals surface area (Å²) in [6.07, 6.45) is 1.71. The van der Waals surface area contributed by atoms with E-state index in [0.717, 1.165) is 18.8 Å². The van der Waals surface area contributed by atoms with Gasteiger partial charge in [-0.3, -0.25) is 0 Å². The fraction of sp³-hybridized carbons (Fsp3) is 0.286. The number of benzene rings is 1.